The van der Waals surface area contributed by atoms with Gasteiger partial charge in [-0.1, -0.05) is 12.1 Å². The average molecular weight is 287 g/mol. The van der Waals surface area contributed by atoms with Crippen LogP contribution in [0.5, 0.6) is 0 Å². The maximum absolute atomic E-state index is 4.26. The molecule has 1 unspecified atom stereocenters. The zero-order valence-corrected chi connectivity index (χ0v) is 12.8. The van der Waals surface area contributed by atoms with E-state index in [0.717, 1.165) is 18.5 Å². The number of hydrogen-bond donors (Lipinski definition) is 0. The molecular formula is C16H21N3S. The largest absolute Gasteiger partial charge is 0.302 e. The van der Waals surface area contributed by atoms with E-state index >= 15 is 0 Å². The molecule has 0 spiro atoms. The van der Waals surface area contributed by atoms with Crippen LogP contribution in [0.4, 0.5) is 0 Å². The van der Waals surface area contributed by atoms with Crippen LogP contribution in [-0.4, -0.2) is 46.9 Å². The number of aromatic nitrogens is 1. The summed E-state index contributed by atoms with van der Waals surface area (Å²) in [6, 6.07) is 7.52. The molecule has 4 heterocycles. The zero-order valence-electron chi connectivity index (χ0n) is 12.0. The van der Waals surface area contributed by atoms with Gasteiger partial charge in [-0.25, -0.2) is 0 Å². The highest BCUT2D eigenvalue weighted by Crippen LogP contribution is 2.31. The van der Waals surface area contributed by atoms with Crippen LogP contribution in [0.2, 0.25) is 0 Å². The van der Waals surface area contributed by atoms with Gasteiger partial charge in [-0.2, -0.15) is 4.37 Å². The number of fused-ring (bicyclic) bond motifs is 4. The van der Waals surface area contributed by atoms with E-state index in [2.05, 4.69) is 39.4 Å². The predicted octanol–water partition coefficient (Wildman–Crippen LogP) is 2.82. The Bertz CT molecular complexity index is 601. The zero-order chi connectivity index (χ0) is 13.5. The van der Waals surface area contributed by atoms with E-state index in [1.54, 1.807) is 11.5 Å². The molecule has 3 nitrogen and oxygen atoms in total. The predicted molar refractivity (Wildman–Crippen MR) is 84.0 cm³/mol. The number of nitrogens with zero attached hydrogens (tertiary/aromatic N) is 3. The van der Waals surface area contributed by atoms with Gasteiger partial charge in [0.05, 0.1) is 4.70 Å². The number of piperidine rings is 3. The Morgan fingerprint density at radius 2 is 2.20 bits per heavy atom. The number of rotatable bonds is 3. The summed E-state index contributed by atoms with van der Waals surface area (Å²) < 4.78 is 5.57. The van der Waals surface area contributed by atoms with Gasteiger partial charge in [0, 0.05) is 30.7 Å². The van der Waals surface area contributed by atoms with E-state index < -0.39 is 0 Å². The van der Waals surface area contributed by atoms with Crippen molar-refractivity contribution in [3.63, 3.8) is 0 Å². The first-order chi connectivity index (χ1) is 9.79. The molecule has 2 aromatic rings. The van der Waals surface area contributed by atoms with Crippen molar-refractivity contribution in [2.24, 2.45) is 5.92 Å². The highest BCUT2D eigenvalue weighted by Gasteiger charge is 2.36. The molecule has 5 rings (SSSR count). The van der Waals surface area contributed by atoms with Crippen LogP contribution in [0.1, 0.15) is 18.4 Å². The van der Waals surface area contributed by atoms with Gasteiger partial charge in [-0.05, 0) is 62.1 Å². The third-order valence-electron chi connectivity index (χ3n) is 5.04. The second-order valence-electron chi connectivity index (χ2n) is 6.32. The smallest absolute Gasteiger partial charge is 0.0553 e. The van der Waals surface area contributed by atoms with Gasteiger partial charge < -0.3 is 4.90 Å². The quantitative estimate of drug-likeness (QED) is 0.865. The summed E-state index contributed by atoms with van der Waals surface area (Å²) in [7, 11) is 2.29. The van der Waals surface area contributed by atoms with Crippen LogP contribution in [0.25, 0.3) is 10.1 Å². The Morgan fingerprint density at radius 3 is 2.95 bits per heavy atom. The first-order valence-corrected chi connectivity index (χ1v) is 8.33. The second kappa shape index (κ2) is 5.10. The molecule has 20 heavy (non-hydrogen) atoms. The number of hydrogen-bond acceptors (Lipinski definition) is 4. The Morgan fingerprint density at radius 1 is 1.35 bits per heavy atom. The highest BCUT2D eigenvalue weighted by atomic mass is 32.1. The van der Waals surface area contributed by atoms with Crippen LogP contribution >= 0.6 is 11.5 Å². The molecule has 2 bridgehead atoms. The maximum Gasteiger partial charge on any atom is 0.0553 e. The number of likely N-dealkylation sites (N-methyl/N-ethyl adjacent to an activating group) is 1. The van der Waals surface area contributed by atoms with Crippen molar-refractivity contribution in [3.05, 3.63) is 30.0 Å². The minimum atomic E-state index is 0.745. The van der Waals surface area contributed by atoms with Crippen molar-refractivity contribution in [3.8, 4) is 0 Å². The average Bonchev–Trinajstić information content (AvgIpc) is 2.96. The van der Waals surface area contributed by atoms with Crippen molar-refractivity contribution in [2.45, 2.75) is 25.4 Å². The van der Waals surface area contributed by atoms with E-state index in [4.69, 9.17) is 0 Å². The minimum Gasteiger partial charge on any atom is -0.302 e. The van der Waals surface area contributed by atoms with Gasteiger partial charge in [-0.3, -0.25) is 4.90 Å². The topological polar surface area (TPSA) is 19.4 Å². The summed E-state index contributed by atoms with van der Waals surface area (Å²) >= 11 is 1.60. The SMILES string of the molecule is CN(Cc1ccc2cnsc2c1)C1CN2CCC1CC2. The van der Waals surface area contributed by atoms with Crippen molar-refractivity contribution >= 4 is 21.6 Å². The molecule has 0 aliphatic carbocycles. The minimum absolute atomic E-state index is 0.745. The van der Waals surface area contributed by atoms with Gasteiger partial charge in [0.2, 0.25) is 0 Å². The lowest BCUT2D eigenvalue weighted by atomic mass is 9.83. The molecule has 3 saturated heterocycles. The van der Waals surface area contributed by atoms with E-state index in [9.17, 15) is 0 Å². The lowest BCUT2D eigenvalue weighted by Crippen LogP contribution is -2.56. The lowest BCUT2D eigenvalue weighted by Gasteiger charge is -2.48. The molecule has 3 aliphatic rings. The Labute approximate surface area is 124 Å². The molecule has 3 aliphatic heterocycles. The van der Waals surface area contributed by atoms with Crippen molar-refractivity contribution in [2.75, 3.05) is 26.7 Å². The Balaban J connectivity index is 1.50. The van der Waals surface area contributed by atoms with E-state index in [-0.39, 0.29) is 0 Å². The first-order valence-electron chi connectivity index (χ1n) is 7.55. The summed E-state index contributed by atoms with van der Waals surface area (Å²) in [5.74, 6) is 0.914. The van der Waals surface area contributed by atoms with Crippen LogP contribution in [0, 0.1) is 5.92 Å². The normalized spacial score (nSPS) is 29.4. The van der Waals surface area contributed by atoms with Gasteiger partial charge in [0.15, 0.2) is 0 Å². The molecule has 106 valence electrons. The standard InChI is InChI=1S/C16H21N3S/c1-18(15-11-19-6-4-13(15)5-7-19)10-12-2-3-14-9-17-20-16(14)8-12/h2-3,8-9,13,15H,4-7,10-11H2,1H3. The lowest BCUT2D eigenvalue weighted by molar-refractivity contribution is 0.0135. The molecule has 4 heteroatoms. The Kier molecular flexibility index (Phi) is 3.25. The van der Waals surface area contributed by atoms with E-state index in [1.807, 2.05) is 6.20 Å². The molecule has 0 amide bonds. The van der Waals surface area contributed by atoms with Crippen LogP contribution in [0.15, 0.2) is 24.4 Å². The molecule has 1 aromatic heterocycles. The van der Waals surface area contributed by atoms with Gasteiger partial charge in [-0.15, -0.1) is 0 Å². The molecule has 0 N–H and O–H groups in total. The summed E-state index contributed by atoms with van der Waals surface area (Å²) in [4.78, 5) is 5.20. The molecule has 1 aromatic carbocycles. The van der Waals surface area contributed by atoms with Crippen LogP contribution in [0.3, 0.4) is 0 Å². The van der Waals surface area contributed by atoms with Gasteiger partial charge in [0.1, 0.15) is 0 Å². The summed E-state index contributed by atoms with van der Waals surface area (Å²) in [6.45, 7) is 4.97. The van der Waals surface area contributed by atoms with E-state index in [0.29, 0.717) is 0 Å². The maximum atomic E-state index is 4.26. The van der Waals surface area contributed by atoms with Gasteiger partial charge >= 0.3 is 0 Å². The van der Waals surface area contributed by atoms with Crippen molar-refractivity contribution in [1.29, 1.82) is 0 Å². The Hall–Kier alpha value is -0.970. The van der Waals surface area contributed by atoms with E-state index in [1.165, 1.54) is 48.1 Å². The second-order valence-corrected chi connectivity index (χ2v) is 7.15. The molecule has 0 saturated carbocycles. The third-order valence-corrected chi connectivity index (χ3v) is 5.80. The molecule has 0 radical (unpaired) electrons. The molecule has 3 fully saturated rings. The highest BCUT2D eigenvalue weighted by molar-refractivity contribution is 7.13. The molecule has 1 atom stereocenters. The first kappa shape index (κ1) is 12.7. The fraction of sp³-hybridized carbons (Fsp3) is 0.562. The summed E-state index contributed by atoms with van der Waals surface area (Å²) in [5, 5.41) is 1.27. The summed E-state index contributed by atoms with van der Waals surface area (Å²) in [6.07, 6.45) is 4.74. The van der Waals surface area contributed by atoms with Crippen LogP contribution < -0.4 is 0 Å². The van der Waals surface area contributed by atoms with Crippen molar-refractivity contribution < 1.29 is 0 Å². The molecular weight excluding hydrogens is 266 g/mol. The fourth-order valence-electron chi connectivity index (χ4n) is 3.84. The van der Waals surface area contributed by atoms with Gasteiger partial charge in [0.25, 0.3) is 0 Å². The number of benzene rings is 1. The summed E-state index contributed by atoms with van der Waals surface area (Å²) in [5.41, 5.74) is 1.42. The van der Waals surface area contributed by atoms with Crippen LogP contribution in [-0.2, 0) is 6.54 Å². The third kappa shape index (κ3) is 2.26. The fourth-order valence-corrected chi connectivity index (χ4v) is 4.55. The van der Waals surface area contributed by atoms with Crippen molar-refractivity contribution in [1.82, 2.24) is 14.2 Å². The monoisotopic (exact) mass is 287 g/mol.